The molecule has 1 unspecified atom stereocenters. The average Bonchev–Trinajstić information content (AvgIpc) is 3.12. The van der Waals surface area contributed by atoms with Crippen LogP contribution in [0.15, 0.2) is 29.2 Å². The summed E-state index contributed by atoms with van der Waals surface area (Å²) >= 11 is 0. The maximum atomic E-state index is 12.6. The van der Waals surface area contributed by atoms with Gasteiger partial charge in [-0.15, -0.1) is 0 Å². The molecule has 0 aliphatic carbocycles. The first kappa shape index (κ1) is 16.9. The fourth-order valence-electron chi connectivity index (χ4n) is 3.07. The Labute approximate surface area is 141 Å². The van der Waals surface area contributed by atoms with Crippen molar-refractivity contribution in [3.8, 4) is 0 Å². The van der Waals surface area contributed by atoms with E-state index in [4.69, 9.17) is 0 Å². The number of sulfonamides is 1. The van der Waals surface area contributed by atoms with Crippen LogP contribution in [0.2, 0.25) is 0 Å². The molecule has 0 radical (unpaired) electrons. The van der Waals surface area contributed by atoms with Crippen LogP contribution in [-0.4, -0.2) is 61.7 Å². The number of benzene rings is 1. The van der Waals surface area contributed by atoms with Gasteiger partial charge in [0.2, 0.25) is 15.9 Å². The molecule has 7 nitrogen and oxygen atoms in total. The average molecular weight is 351 g/mol. The minimum Gasteiger partial charge on any atom is -0.353 e. The van der Waals surface area contributed by atoms with Crippen molar-refractivity contribution in [3.63, 3.8) is 0 Å². The van der Waals surface area contributed by atoms with Crippen LogP contribution < -0.4 is 5.32 Å². The summed E-state index contributed by atoms with van der Waals surface area (Å²) in [6, 6.07) is 5.44. The van der Waals surface area contributed by atoms with Gasteiger partial charge in [-0.2, -0.15) is 4.31 Å². The molecule has 0 bridgehead atoms. The Morgan fingerprint density at radius 2 is 1.75 bits per heavy atom. The molecule has 1 atom stereocenters. The molecule has 0 spiro atoms. The molecule has 3 rings (SSSR count). The van der Waals surface area contributed by atoms with Crippen molar-refractivity contribution in [1.29, 1.82) is 0 Å². The fourth-order valence-corrected chi connectivity index (χ4v) is 4.59. The van der Waals surface area contributed by atoms with Crippen LogP contribution in [0.4, 0.5) is 0 Å². The van der Waals surface area contributed by atoms with Gasteiger partial charge >= 0.3 is 0 Å². The van der Waals surface area contributed by atoms with E-state index in [9.17, 15) is 18.0 Å². The molecular weight excluding hydrogens is 330 g/mol. The zero-order valence-corrected chi connectivity index (χ0v) is 14.4. The van der Waals surface area contributed by atoms with Crippen molar-refractivity contribution >= 4 is 21.8 Å². The number of rotatable bonds is 3. The smallest absolute Gasteiger partial charge is 0.254 e. The number of nitrogens with zero attached hydrogens (tertiary/aromatic N) is 2. The normalized spacial score (nSPS) is 22.5. The highest BCUT2D eigenvalue weighted by Gasteiger charge is 2.31. The van der Waals surface area contributed by atoms with Crippen LogP contribution in [0.25, 0.3) is 0 Å². The molecule has 0 saturated carbocycles. The maximum absolute atomic E-state index is 12.6. The van der Waals surface area contributed by atoms with E-state index in [1.807, 2.05) is 0 Å². The fraction of sp³-hybridized carbons (Fsp3) is 0.500. The predicted molar refractivity (Wildman–Crippen MR) is 87.9 cm³/mol. The Hall–Kier alpha value is -1.93. The molecule has 2 fully saturated rings. The van der Waals surface area contributed by atoms with E-state index in [1.54, 1.807) is 6.92 Å². The summed E-state index contributed by atoms with van der Waals surface area (Å²) in [5.74, 6) is -0.440. The summed E-state index contributed by atoms with van der Waals surface area (Å²) < 4.78 is 26.5. The van der Waals surface area contributed by atoms with Gasteiger partial charge in [0.25, 0.3) is 5.91 Å². The molecule has 24 heavy (non-hydrogen) atoms. The van der Waals surface area contributed by atoms with Crippen LogP contribution in [0, 0.1) is 0 Å². The zero-order chi connectivity index (χ0) is 17.3. The minimum absolute atomic E-state index is 0.178. The summed E-state index contributed by atoms with van der Waals surface area (Å²) in [4.78, 5) is 25.9. The first-order chi connectivity index (χ1) is 11.4. The summed E-state index contributed by atoms with van der Waals surface area (Å²) in [5.41, 5.74) is 0.386. The third-order valence-corrected chi connectivity index (χ3v) is 6.48. The van der Waals surface area contributed by atoms with Gasteiger partial charge < -0.3 is 10.2 Å². The van der Waals surface area contributed by atoms with Gasteiger partial charge in [0.1, 0.15) is 6.04 Å². The van der Waals surface area contributed by atoms with Gasteiger partial charge in [-0.05, 0) is 44.0 Å². The number of piperazine rings is 1. The Morgan fingerprint density at radius 1 is 1.12 bits per heavy atom. The monoisotopic (exact) mass is 351 g/mol. The molecule has 2 amide bonds. The van der Waals surface area contributed by atoms with E-state index in [2.05, 4.69) is 5.32 Å². The second kappa shape index (κ2) is 6.52. The van der Waals surface area contributed by atoms with Crippen molar-refractivity contribution in [1.82, 2.24) is 14.5 Å². The Balaban J connectivity index is 1.79. The quantitative estimate of drug-likeness (QED) is 0.856. The maximum Gasteiger partial charge on any atom is 0.254 e. The second-order valence-electron chi connectivity index (χ2n) is 6.10. The number of amides is 2. The molecule has 1 N–H and O–H groups in total. The highest BCUT2D eigenvalue weighted by atomic mass is 32.2. The van der Waals surface area contributed by atoms with Crippen molar-refractivity contribution in [2.45, 2.75) is 30.7 Å². The predicted octanol–water partition coefficient (Wildman–Crippen LogP) is 0.432. The van der Waals surface area contributed by atoms with E-state index in [0.29, 0.717) is 31.7 Å². The molecule has 2 saturated heterocycles. The van der Waals surface area contributed by atoms with Gasteiger partial charge in [0.05, 0.1) is 4.90 Å². The molecule has 2 aliphatic rings. The lowest BCUT2D eigenvalue weighted by molar-refractivity contribution is -0.127. The Bertz CT molecular complexity index is 739. The summed E-state index contributed by atoms with van der Waals surface area (Å²) in [7, 11) is -3.48. The minimum atomic E-state index is -3.48. The molecule has 130 valence electrons. The van der Waals surface area contributed by atoms with Crippen LogP contribution in [0.3, 0.4) is 0 Å². The second-order valence-corrected chi connectivity index (χ2v) is 8.04. The zero-order valence-electron chi connectivity index (χ0n) is 13.6. The summed E-state index contributed by atoms with van der Waals surface area (Å²) in [6.07, 6.45) is 1.76. The lowest BCUT2D eigenvalue weighted by Crippen LogP contribution is -2.55. The number of nitrogens with one attached hydrogen (secondary N) is 1. The SMILES string of the molecule is CC1C(=O)NCCN1C(=O)c1ccc(S(=O)(=O)N2CCCC2)cc1. The Morgan fingerprint density at radius 3 is 2.38 bits per heavy atom. The first-order valence-corrected chi connectivity index (χ1v) is 9.54. The van der Waals surface area contributed by atoms with Crippen LogP contribution in [0.5, 0.6) is 0 Å². The van der Waals surface area contributed by atoms with Gasteiger partial charge in [-0.3, -0.25) is 9.59 Å². The largest absolute Gasteiger partial charge is 0.353 e. The van der Waals surface area contributed by atoms with Crippen LogP contribution in [0.1, 0.15) is 30.1 Å². The van der Waals surface area contributed by atoms with E-state index in [0.717, 1.165) is 12.8 Å². The number of hydrogen-bond acceptors (Lipinski definition) is 4. The lowest BCUT2D eigenvalue weighted by atomic mass is 10.1. The molecular formula is C16H21N3O4S. The van der Waals surface area contributed by atoms with E-state index < -0.39 is 16.1 Å². The molecule has 8 heteroatoms. The third-order valence-electron chi connectivity index (χ3n) is 4.56. The molecule has 1 aromatic rings. The number of carbonyl (C=O) groups excluding carboxylic acids is 2. The van der Waals surface area contributed by atoms with Crippen molar-refractivity contribution in [2.75, 3.05) is 26.2 Å². The summed E-state index contributed by atoms with van der Waals surface area (Å²) in [6.45, 7) is 3.64. The standard InChI is InChI=1S/C16H21N3O4S/c1-12-15(20)17-8-11-19(12)16(21)13-4-6-14(7-5-13)24(22,23)18-9-2-3-10-18/h4-7,12H,2-3,8-11H2,1H3,(H,17,20). The topological polar surface area (TPSA) is 86.8 Å². The molecule has 2 aliphatic heterocycles. The third kappa shape index (κ3) is 3.03. The number of hydrogen-bond donors (Lipinski definition) is 1. The van der Waals surface area contributed by atoms with Gasteiger partial charge in [-0.25, -0.2) is 8.42 Å². The summed E-state index contributed by atoms with van der Waals surface area (Å²) in [5, 5.41) is 2.71. The van der Waals surface area contributed by atoms with Crippen molar-refractivity contribution in [2.24, 2.45) is 0 Å². The van der Waals surface area contributed by atoms with E-state index in [-0.39, 0.29) is 16.7 Å². The molecule has 2 heterocycles. The molecule has 0 aromatic heterocycles. The lowest BCUT2D eigenvalue weighted by Gasteiger charge is -2.32. The highest BCUT2D eigenvalue weighted by Crippen LogP contribution is 2.21. The van der Waals surface area contributed by atoms with Crippen LogP contribution in [-0.2, 0) is 14.8 Å². The van der Waals surface area contributed by atoms with Crippen molar-refractivity contribution < 1.29 is 18.0 Å². The number of carbonyl (C=O) groups is 2. The first-order valence-electron chi connectivity index (χ1n) is 8.10. The van der Waals surface area contributed by atoms with Crippen LogP contribution >= 0.6 is 0 Å². The molecule has 1 aromatic carbocycles. The van der Waals surface area contributed by atoms with E-state index in [1.165, 1.54) is 33.5 Å². The van der Waals surface area contributed by atoms with Gasteiger partial charge in [0.15, 0.2) is 0 Å². The highest BCUT2D eigenvalue weighted by molar-refractivity contribution is 7.89. The van der Waals surface area contributed by atoms with Gasteiger partial charge in [0, 0.05) is 31.7 Å². The van der Waals surface area contributed by atoms with Gasteiger partial charge in [-0.1, -0.05) is 0 Å². The Kier molecular flexibility index (Phi) is 4.60. The van der Waals surface area contributed by atoms with E-state index >= 15 is 0 Å². The van der Waals surface area contributed by atoms with Crippen molar-refractivity contribution in [3.05, 3.63) is 29.8 Å².